The third kappa shape index (κ3) is 5.49. The van der Waals surface area contributed by atoms with Gasteiger partial charge in [0.1, 0.15) is 0 Å². The molecule has 37 heavy (non-hydrogen) atoms. The van der Waals surface area contributed by atoms with Crippen molar-refractivity contribution in [1.82, 2.24) is 19.5 Å². The van der Waals surface area contributed by atoms with Gasteiger partial charge in [0.25, 0.3) is 0 Å². The molecule has 1 aliphatic rings. The van der Waals surface area contributed by atoms with Crippen LogP contribution in [0.2, 0.25) is 0 Å². The highest BCUT2D eigenvalue weighted by Gasteiger charge is 2.26. The minimum absolute atomic E-state index is 0.407. The second-order valence-corrected chi connectivity index (χ2v) is 12.7. The van der Waals surface area contributed by atoms with E-state index in [1.807, 2.05) is 13.8 Å². The molecule has 1 aliphatic heterocycles. The van der Waals surface area contributed by atoms with Gasteiger partial charge in [0.2, 0.25) is 0 Å². The molecular weight excluding hydrogens is 456 g/mol. The smallest absolute Gasteiger partial charge is 0.0718 e. The highest BCUT2D eigenvalue weighted by Crippen LogP contribution is 2.39. The first kappa shape index (κ1) is 26.0. The normalized spacial score (nSPS) is 16.2. The van der Waals surface area contributed by atoms with Crippen LogP contribution in [0.15, 0.2) is 36.4 Å². The summed E-state index contributed by atoms with van der Waals surface area (Å²) in [6.07, 6.45) is 3.29. The summed E-state index contributed by atoms with van der Waals surface area (Å²) in [6.45, 7) is 17.9. The Kier molecular flexibility index (Phi) is 6.97. The van der Waals surface area contributed by atoms with E-state index in [0.717, 1.165) is 50.1 Å². The molecule has 5 rings (SSSR count). The number of aromatic nitrogens is 3. The maximum Gasteiger partial charge on any atom is 0.0718 e. The summed E-state index contributed by atoms with van der Waals surface area (Å²) in [6, 6.07) is 13.9. The molecule has 4 heterocycles. The number of nitrogens with zero attached hydrogens (tertiary/aromatic N) is 3. The molecule has 0 aliphatic carbocycles. The number of aryl methyl sites for hydroxylation is 1. The van der Waals surface area contributed by atoms with Gasteiger partial charge < -0.3 is 15.0 Å². The lowest BCUT2D eigenvalue weighted by Crippen LogP contribution is -2.42. The van der Waals surface area contributed by atoms with Crippen LogP contribution >= 0.6 is 0 Å². The Hall–Kier alpha value is -2.63. The van der Waals surface area contributed by atoms with E-state index in [2.05, 4.69) is 85.4 Å². The number of hydrogen-bond acceptors (Lipinski definition) is 3. The van der Waals surface area contributed by atoms with Crippen LogP contribution in [0, 0.1) is 12.8 Å². The third-order valence-electron chi connectivity index (χ3n) is 7.77. The van der Waals surface area contributed by atoms with Gasteiger partial charge in [0.05, 0.1) is 22.5 Å². The van der Waals surface area contributed by atoms with E-state index in [-0.39, 0.29) is 0 Å². The fourth-order valence-electron chi connectivity index (χ4n) is 6.29. The Labute approximate surface area is 221 Å². The highest BCUT2D eigenvalue weighted by molar-refractivity contribution is 5.92. The Bertz CT molecular complexity index is 1390. The van der Waals surface area contributed by atoms with Crippen LogP contribution in [0.1, 0.15) is 88.7 Å². The number of piperidine rings is 1. The average Bonchev–Trinajstić information content (AvgIpc) is 3.37. The van der Waals surface area contributed by atoms with Gasteiger partial charge in [-0.25, -0.2) is 4.52 Å². The van der Waals surface area contributed by atoms with Crippen molar-refractivity contribution in [3.8, 4) is 11.3 Å². The number of fused-ring (bicyclic) bond motifs is 2. The van der Waals surface area contributed by atoms with E-state index in [9.17, 15) is 5.11 Å². The maximum absolute atomic E-state index is 10.2. The summed E-state index contributed by atoms with van der Waals surface area (Å²) in [5.41, 5.74) is 9.43. The van der Waals surface area contributed by atoms with Crippen LogP contribution in [0.25, 0.3) is 27.7 Å². The topological polar surface area (TPSA) is 56.6 Å². The van der Waals surface area contributed by atoms with Crippen LogP contribution in [0.3, 0.4) is 0 Å². The van der Waals surface area contributed by atoms with Crippen molar-refractivity contribution in [3.05, 3.63) is 58.9 Å². The molecule has 1 saturated heterocycles. The number of benzene rings is 1. The molecule has 5 heteroatoms. The highest BCUT2D eigenvalue weighted by atomic mass is 16.3. The summed E-state index contributed by atoms with van der Waals surface area (Å²) < 4.78 is 2.12. The van der Waals surface area contributed by atoms with Crippen molar-refractivity contribution in [1.29, 1.82) is 0 Å². The molecule has 1 aromatic carbocycles. The predicted octanol–water partition coefficient (Wildman–Crippen LogP) is 7.06. The lowest BCUT2D eigenvalue weighted by atomic mass is 9.87. The van der Waals surface area contributed by atoms with E-state index < -0.39 is 5.60 Å². The first-order chi connectivity index (χ1) is 17.5. The van der Waals surface area contributed by atoms with Gasteiger partial charge in [-0.3, -0.25) is 0 Å². The fourth-order valence-corrected chi connectivity index (χ4v) is 6.29. The molecule has 0 bridgehead atoms. The van der Waals surface area contributed by atoms with E-state index in [4.69, 9.17) is 5.10 Å². The Morgan fingerprint density at radius 3 is 2.43 bits per heavy atom. The van der Waals surface area contributed by atoms with E-state index >= 15 is 0 Å². The number of H-pyrrole nitrogens is 1. The van der Waals surface area contributed by atoms with E-state index in [1.165, 1.54) is 39.0 Å². The summed E-state index contributed by atoms with van der Waals surface area (Å²) in [4.78, 5) is 6.22. The van der Waals surface area contributed by atoms with Crippen molar-refractivity contribution >= 4 is 16.4 Å². The minimum Gasteiger partial charge on any atom is -0.389 e. The largest absolute Gasteiger partial charge is 0.389 e. The standard InChI is InChI=1S/C32H44N4O/c1-20(2)14-26-16-25(17-27-15-22(5)34-36(26)27)31-30(21(3)4)28-18-24(8-9-29(28)33-31)23-10-12-35(13-11-23)19-32(6,7)37/h8-9,15-18,20-21,23,33,37H,10-14,19H2,1-7H3. The van der Waals surface area contributed by atoms with Gasteiger partial charge in [0, 0.05) is 28.7 Å². The Balaban J connectivity index is 1.52. The molecule has 3 aromatic heterocycles. The minimum atomic E-state index is -0.632. The molecule has 5 nitrogen and oxygen atoms in total. The Morgan fingerprint density at radius 2 is 1.78 bits per heavy atom. The van der Waals surface area contributed by atoms with Gasteiger partial charge in [-0.2, -0.15) is 5.10 Å². The summed E-state index contributed by atoms with van der Waals surface area (Å²) in [7, 11) is 0. The number of aromatic amines is 1. The first-order valence-corrected chi connectivity index (χ1v) is 14.1. The van der Waals surface area contributed by atoms with Gasteiger partial charge >= 0.3 is 0 Å². The lowest BCUT2D eigenvalue weighted by Gasteiger charge is -2.35. The van der Waals surface area contributed by atoms with Gasteiger partial charge in [0.15, 0.2) is 0 Å². The van der Waals surface area contributed by atoms with Crippen molar-refractivity contribution in [2.75, 3.05) is 19.6 Å². The van der Waals surface area contributed by atoms with Gasteiger partial charge in [-0.1, -0.05) is 33.8 Å². The molecule has 0 unspecified atom stereocenters. The SMILES string of the molecule is Cc1cc2cc(-c3[nH]c4ccc(C5CCN(CC(C)(C)O)CC5)cc4c3C(C)C)cc(CC(C)C)n2n1. The number of likely N-dealkylation sites (tertiary alicyclic amines) is 1. The maximum atomic E-state index is 10.2. The van der Waals surface area contributed by atoms with E-state index in [0.29, 0.717) is 17.8 Å². The lowest BCUT2D eigenvalue weighted by molar-refractivity contribution is 0.0282. The molecule has 0 spiro atoms. The second kappa shape index (κ2) is 9.92. The number of pyridine rings is 1. The quantitative estimate of drug-likeness (QED) is 0.285. The molecule has 0 saturated carbocycles. The molecule has 0 radical (unpaired) electrons. The Morgan fingerprint density at radius 1 is 1.05 bits per heavy atom. The zero-order valence-corrected chi connectivity index (χ0v) is 23.7. The third-order valence-corrected chi connectivity index (χ3v) is 7.77. The van der Waals surface area contributed by atoms with Crippen LogP contribution in [0.5, 0.6) is 0 Å². The van der Waals surface area contributed by atoms with Crippen LogP contribution in [-0.4, -0.2) is 49.8 Å². The molecule has 2 N–H and O–H groups in total. The molecule has 0 atom stereocenters. The number of β-amino-alcohol motifs (C(OH)–C–C–N with tert-alkyl or cyclic N) is 1. The van der Waals surface area contributed by atoms with E-state index in [1.54, 1.807) is 0 Å². The summed E-state index contributed by atoms with van der Waals surface area (Å²) in [5.74, 6) is 1.54. The summed E-state index contributed by atoms with van der Waals surface area (Å²) >= 11 is 0. The molecular formula is C32H44N4O. The molecule has 0 amide bonds. The fraction of sp³-hybridized carbons (Fsp3) is 0.531. The van der Waals surface area contributed by atoms with Crippen molar-refractivity contribution < 1.29 is 5.11 Å². The van der Waals surface area contributed by atoms with Crippen LogP contribution < -0.4 is 0 Å². The summed E-state index contributed by atoms with van der Waals surface area (Å²) in [5, 5.41) is 16.4. The van der Waals surface area contributed by atoms with Crippen molar-refractivity contribution in [3.63, 3.8) is 0 Å². The predicted molar refractivity (Wildman–Crippen MR) is 155 cm³/mol. The number of aliphatic hydroxyl groups is 1. The molecule has 1 fully saturated rings. The number of hydrogen-bond donors (Lipinski definition) is 2. The zero-order chi connectivity index (χ0) is 26.5. The van der Waals surface area contributed by atoms with Crippen molar-refractivity contribution in [2.24, 2.45) is 5.92 Å². The number of nitrogens with one attached hydrogen (secondary N) is 1. The molecule has 4 aromatic rings. The van der Waals surface area contributed by atoms with Gasteiger partial charge in [-0.15, -0.1) is 0 Å². The second-order valence-electron chi connectivity index (χ2n) is 12.7. The van der Waals surface area contributed by atoms with Gasteiger partial charge in [-0.05, 0) is 112 Å². The first-order valence-electron chi connectivity index (χ1n) is 14.1. The average molecular weight is 501 g/mol. The van der Waals surface area contributed by atoms with Crippen molar-refractivity contribution in [2.45, 2.75) is 85.2 Å². The van der Waals surface area contributed by atoms with Crippen LogP contribution in [0.4, 0.5) is 0 Å². The molecule has 198 valence electrons. The monoisotopic (exact) mass is 500 g/mol. The number of rotatable bonds is 7. The zero-order valence-electron chi connectivity index (χ0n) is 23.7. The van der Waals surface area contributed by atoms with Crippen LogP contribution in [-0.2, 0) is 6.42 Å².